The topological polar surface area (TPSA) is 80.3 Å². The highest BCUT2D eigenvalue weighted by Gasteiger charge is 2.24. The van der Waals surface area contributed by atoms with Crippen molar-refractivity contribution in [2.24, 2.45) is 0 Å². The average Bonchev–Trinajstić information content (AvgIpc) is 3.24. The maximum absolute atomic E-state index is 14.8. The van der Waals surface area contributed by atoms with E-state index in [1.54, 1.807) is 12.1 Å². The summed E-state index contributed by atoms with van der Waals surface area (Å²) in [7, 11) is -4.20. The number of halogens is 3. The number of rotatable bonds is 6. The number of hydrogen-bond acceptors (Lipinski definition) is 6. The fourth-order valence-electron chi connectivity index (χ4n) is 3.43. The predicted molar refractivity (Wildman–Crippen MR) is 121 cm³/mol. The van der Waals surface area contributed by atoms with Gasteiger partial charge in [0.2, 0.25) is 0 Å². The Bertz CT molecular complexity index is 1180. The number of sulfonamides is 1. The van der Waals surface area contributed by atoms with Gasteiger partial charge in [0.15, 0.2) is 5.82 Å². The zero-order chi connectivity index (χ0) is 22.0. The number of anilines is 1. The first kappa shape index (κ1) is 22.3. The third-order valence-corrected chi connectivity index (χ3v) is 7.40. The fraction of sp³-hybridized carbons (Fsp3) is 0.250. The van der Waals surface area contributed by atoms with Crippen LogP contribution in [-0.4, -0.2) is 26.5 Å². The SMILES string of the molecule is O=S(=O)(Nc1cscn1)c1cc(Cl)c(Oc2ccc(Cl)cc2C2CCNCC2)cc1F. The van der Waals surface area contributed by atoms with E-state index in [2.05, 4.69) is 15.0 Å². The summed E-state index contributed by atoms with van der Waals surface area (Å²) in [5.41, 5.74) is 2.37. The summed E-state index contributed by atoms with van der Waals surface area (Å²) in [5.74, 6) is -0.119. The molecule has 3 aromatic rings. The van der Waals surface area contributed by atoms with Gasteiger partial charge in [-0.05, 0) is 61.7 Å². The van der Waals surface area contributed by atoms with E-state index < -0.39 is 20.7 Å². The molecule has 31 heavy (non-hydrogen) atoms. The van der Waals surface area contributed by atoms with Gasteiger partial charge >= 0.3 is 0 Å². The van der Waals surface area contributed by atoms with E-state index in [0.717, 1.165) is 43.6 Å². The van der Waals surface area contributed by atoms with E-state index in [9.17, 15) is 12.8 Å². The zero-order valence-corrected chi connectivity index (χ0v) is 19.2. The smallest absolute Gasteiger partial charge is 0.266 e. The summed E-state index contributed by atoms with van der Waals surface area (Å²) in [6.07, 6.45) is 1.83. The highest BCUT2D eigenvalue weighted by Crippen LogP contribution is 2.40. The first-order valence-electron chi connectivity index (χ1n) is 9.41. The molecule has 0 unspecified atom stereocenters. The molecule has 1 aliphatic rings. The quantitative estimate of drug-likeness (QED) is 0.456. The summed E-state index contributed by atoms with van der Waals surface area (Å²) in [5, 5.41) is 5.35. The molecule has 0 saturated carbocycles. The van der Waals surface area contributed by atoms with Crippen LogP contribution in [0.5, 0.6) is 11.5 Å². The summed E-state index contributed by atoms with van der Waals surface area (Å²) in [6.45, 7) is 1.76. The van der Waals surface area contributed by atoms with Crippen LogP contribution in [0, 0.1) is 5.82 Å². The third kappa shape index (κ3) is 5.12. The van der Waals surface area contributed by atoms with Gasteiger partial charge in [-0.1, -0.05) is 23.2 Å². The molecule has 0 aliphatic carbocycles. The molecule has 2 N–H and O–H groups in total. The molecule has 0 amide bonds. The van der Waals surface area contributed by atoms with Crippen molar-refractivity contribution in [2.75, 3.05) is 17.8 Å². The van der Waals surface area contributed by atoms with Crippen LogP contribution >= 0.6 is 34.5 Å². The normalized spacial score (nSPS) is 15.1. The van der Waals surface area contributed by atoms with Gasteiger partial charge in [-0.25, -0.2) is 17.8 Å². The van der Waals surface area contributed by atoms with Crippen LogP contribution in [0.25, 0.3) is 0 Å². The number of ether oxygens (including phenoxy) is 1. The molecular weight excluding hydrogens is 484 g/mol. The van der Waals surface area contributed by atoms with Crippen molar-refractivity contribution in [1.29, 1.82) is 0 Å². The Morgan fingerprint density at radius 3 is 2.65 bits per heavy atom. The molecule has 1 aliphatic heterocycles. The Morgan fingerprint density at radius 1 is 1.16 bits per heavy atom. The lowest BCUT2D eigenvalue weighted by Crippen LogP contribution is -2.26. The van der Waals surface area contributed by atoms with Crippen molar-refractivity contribution in [3.63, 3.8) is 0 Å². The van der Waals surface area contributed by atoms with Crippen LogP contribution < -0.4 is 14.8 Å². The van der Waals surface area contributed by atoms with Gasteiger partial charge in [0.25, 0.3) is 10.0 Å². The van der Waals surface area contributed by atoms with Crippen molar-refractivity contribution in [3.8, 4) is 11.5 Å². The lowest BCUT2D eigenvalue weighted by Gasteiger charge is -2.25. The maximum atomic E-state index is 14.8. The van der Waals surface area contributed by atoms with E-state index in [1.807, 2.05) is 6.07 Å². The molecule has 0 atom stereocenters. The van der Waals surface area contributed by atoms with Crippen LogP contribution in [-0.2, 0) is 10.0 Å². The van der Waals surface area contributed by atoms with Crippen molar-refractivity contribution in [2.45, 2.75) is 23.7 Å². The van der Waals surface area contributed by atoms with Crippen LogP contribution in [0.4, 0.5) is 10.2 Å². The lowest BCUT2D eigenvalue weighted by atomic mass is 9.89. The Labute approximate surface area is 193 Å². The minimum absolute atomic E-state index is 0.0179. The zero-order valence-electron chi connectivity index (χ0n) is 16.1. The Hall–Kier alpha value is -1.91. The van der Waals surface area contributed by atoms with E-state index in [1.165, 1.54) is 22.2 Å². The number of piperidine rings is 1. The molecule has 11 heteroatoms. The van der Waals surface area contributed by atoms with Crippen molar-refractivity contribution in [1.82, 2.24) is 10.3 Å². The van der Waals surface area contributed by atoms with E-state index in [0.29, 0.717) is 10.8 Å². The summed E-state index contributed by atoms with van der Waals surface area (Å²) < 4.78 is 48.0. The summed E-state index contributed by atoms with van der Waals surface area (Å²) in [4.78, 5) is 3.26. The van der Waals surface area contributed by atoms with Crippen molar-refractivity contribution in [3.05, 3.63) is 62.6 Å². The molecule has 2 heterocycles. The van der Waals surface area contributed by atoms with Crippen LogP contribution in [0.1, 0.15) is 24.3 Å². The molecule has 6 nitrogen and oxygen atoms in total. The third-order valence-electron chi connectivity index (χ3n) is 4.92. The second kappa shape index (κ2) is 9.30. The standard InChI is InChI=1S/C20H18Cl2FN3O3S2/c21-13-1-2-17(14(7-13)12-3-5-24-6-4-12)29-18-9-16(23)19(8-15(18)22)31(27,28)26-20-10-30-11-25-20/h1-2,7-12,24,26H,3-6H2. The highest BCUT2D eigenvalue weighted by atomic mass is 35.5. The average molecular weight is 502 g/mol. The van der Waals surface area contributed by atoms with Gasteiger partial charge in [-0.15, -0.1) is 11.3 Å². The number of nitrogens with one attached hydrogen (secondary N) is 2. The fourth-order valence-corrected chi connectivity index (χ4v) is 5.52. The minimum atomic E-state index is -4.20. The number of benzene rings is 2. The van der Waals surface area contributed by atoms with Crippen molar-refractivity contribution >= 4 is 50.4 Å². The molecule has 0 bridgehead atoms. The molecule has 0 radical (unpaired) electrons. The van der Waals surface area contributed by atoms with Crippen LogP contribution in [0.3, 0.4) is 0 Å². The molecule has 0 spiro atoms. The van der Waals surface area contributed by atoms with Crippen LogP contribution in [0.2, 0.25) is 10.0 Å². The van der Waals surface area contributed by atoms with Gasteiger partial charge in [0.1, 0.15) is 22.2 Å². The van der Waals surface area contributed by atoms with Gasteiger partial charge in [0.05, 0.1) is 10.5 Å². The molecule has 2 aromatic carbocycles. The van der Waals surface area contributed by atoms with Gasteiger partial charge in [-0.3, -0.25) is 4.72 Å². The predicted octanol–water partition coefficient (Wildman–Crippen LogP) is 5.65. The number of aromatic nitrogens is 1. The minimum Gasteiger partial charge on any atom is -0.455 e. The van der Waals surface area contributed by atoms with E-state index in [4.69, 9.17) is 27.9 Å². The monoisotopic (exact) mass is 501 g/mol. The van der Waals surface area contributed by atoms with E-state index in [-0.39, 0.29) is 22.5 Å². The van der Waals surface area contributed by atoms with Crippen molar-refractivity contribution < 1.29 is 17.5 Å². The van der Waals surface area contributed by atoms with Crippen LogP contribution in [0.15, 0.2) is 46.1 Å². The molecule has 164 valence electrons. The summed E-state index contributed by atoms with van der Waals surface area (Å²) >= 11 is 13.7. The molecular formula is C20H18Cl2FN3O3S2. The summed E-state index contributed by atoms with van der Waals surface area (Å²) in [6, 6.07) is 7.23. The Kier molecular flexibility index (Phi) is 6.68. The Morgan fingerprint density at radius 2 is 1.94 bits per heavy atom. The molecule has 1 aromatic heterocycles. The molecule has 1 saturated heterocycles. The van der Waals surface area contributed by atoms with Gasteiger partial charge < -0.3 is 10.1 Å². The first-order valence-corrected chi connectivity index (χ1v) is 12.6. The first-order chi connectivity index (χ1) is 14.8. The second-order valence-electron chi connectivity index (χ2n) is 7.00. The highest BCUT2D eigenvalue weighted by molar-refractivity contribution is 7.92. The lowest BCUT2D eigenvalue weighted by molar-refractivity contribution is 0.428. The number of thiazole rings is 1. The van der Waals surface area contributed by atoms with Gasteiger partial charge in [-0.2, -0.15) is 0 Å². The molecule has 1 fully saturated rings. The number of nitrogens with zero attached hydrogens (tertiary/aromatic N) is 1. The van der Waals surface area contributed by atoms with E-state index >= 15 is 0 Å². The molecule has 4 rings (SSSR count). The van der Waals surface area contributed by atoms with Gasteiger partial charge in [0, 0.05) is 16.5 Å². The maximum Gasteiger partial charge on any atom is 0.266 e. The largest absolute Gasteiger partial charge is 0.455 e. The number of hydrogen-bond donors (Lipinski definition) is 2. The second-order valence-corrected chi connectivity index (χ2v) is 10.2. The Balaban J connectivity index is 1.64.